The average Bonchev–Trinajstić information content (AvgIpc) is 2.24. The summed E-state index contributed by atoms with van der Waals surface area (Å²) in [7, 11) is 2.18. The minimum atomic E-state index is 0.631. The molecule has 2 aliphatic rings. The van der Waals surface area contributed by atoms with Gasteiger partial charge in [0.15, 0.2) is 0 Å². The molecule has 3 heteroatoms. The van der Waals surface area contributed by atoms with Gasteiger partial charge in [0, 0.05) is 25.2 Å². The van der Waals surface area contributed by atoms with Crippen LogP contribution < -0.4 is 0 Å². The highest BCUT2D eigenvalue weighted by Gasteiger charge is 2.38. The summed E-state index contributed by atoms with van der Waals surface area (Å²) in [6, 6.07) is 1.26. The van der Waals surface area contributed by atoms with E-state index >= 15 is 0 Å². The molecular weight excluding hydrogens is 150 g/mol. The van der Waals surface area contributed by atoms with Gasteiger partial charge in [-0.05, 0) is 26.8 Å². The Labute approximate surface area is 73.9 Å². The van der Waals surface area contributed by atoms with Gasteiger partial charge in [0.1, 0.15) is 0 Å². The molecule has 2 atom stereocenters. The van der Waals surface area contributed by atoms with Gasteiger partial charge < -0.3 is 9.80 Å². The maximum Gasteiger partial charge on any atom is 0.0931 e. The molecule has 2 rings (SSSR count). The largest absolute Gasteiger partial charge is 0.352 e. The van der Waals surface area contributed by atoms with Gasteiger partial charge in [0.05, 0.1) is 5.84 Å². The minimum absolute atomic E-state index is 0.631. The lowest BCUT2D eigenvalue weighted by Crippen LogP contribution is -2.53. The van der Waals surface area contributed by atoms with Gasteiger partial charge in [-0.25, -0.2) is 0 Å². The summed E-state index contributed by atoms with van der Waals surface area (Å²) >= 11 is 0. The van der Waals surface area contributed by atoms with E-state index in [1.54, 1.807) is 0 Å². The molecule has 2 fully saturated rings. The lowest BCUT2D eigenvalue weighted by Gasteiger charge is -2.40. The first-order chi connectivity index (χ1) is 5.68. The van der Waals surface area contributed by atoms with Crippen molar-refractivity contribution < 1.29 is 0 Å². The van der Waals surface area contributed by atoms with Gasteiger partial charge in [-0.2, -0.15) is 0 Å². The third kappa shape index (κ3) is 1.12. The van der Waals surface area contributed by atoms with Gasteiger partial charge in [0.2, 0.25) is 0 Å². The second-order valence-corrected chi connectivity index (χ2v) is 4.10. The van der Waals surface area contributed by atoms with E-state index in [2.05, 4.69) is 16.8 Å². The van der Waals surface area contributed by atoms with Crippen molar-refractivity contribution in [3.63, 3.8) is 0 Å². The van der Waals surface area contributed by atoms with Crippen LogP contribution in [0.3, 0.4) is 0 Å². The molecule has 3 nitrogen and oxygen atoms in total. The Kier molecular flexibility index (Phi) is 1.83. The van der Waals surface area contributed by atoms with Crippen molar-refractivity contribution in [3.05, 3.63) is 0 Å². The fourth-order valence-corrected chi connectivity index (χ4v) is 2.66. The number of likely N-dealkylation sites (tertiary alicyclic amines) is 1. The van der Waals surface area contributed by atoms with Crippen molar-refractivity contribution in [2.75, 3.05) is 20.1 Å². The highest BCUT2D eigenvalue weighted by Crippen LogP contribution is 2.29. The Morgan fingerprint density at radius 3 is 2.17 bits per heavy atom. The zero-order chi connectivity index (χ0) is 8.72. The number of nitrogens with one attached hydrogen (secondary N) is 1. The maximum atomic E-state index is 7.66. The second-order valence-electron chi connectivity index (χ2n) is 4.10. The first-order valence-electron chi connectivity index (χ1n) is 4.70. The smallest absolute Gasteiger partial charge is 0.0931 e. The van der Waals surface area contributed by atoms with Gasteiger partial charge in [-0.1, -0.05) is 0 Å². The summed E-state index contributed by atoms with van der Waals surface area (Å²) < 4.78 is 0. The molecular formula is C9H17N3. The number of hydrogen-bond acceptors (Lipinski definition) is 2. The molecule has 1 N–H and O–H groups in total. The number of amidine groups is 1. The number of piperazine rings is 1. The van der Waals surface area contributed by atoms with Gasteiger partial charge in [-0.15, -0.1) is 0 Å². The normalized spacial score (nSPS) is 35.7. The summed E-state index contributed by atoms with van der Waals surface area (Å²) in [5.74, 6) is 0.760. The number of fused-ring (bicyclic) bond motifs is 2. The van der Waals surface area contributed by atoms with E-state index in [4.69, 9.17) is 5.41 Å². The molecule has 0 aliphatic carbocycles. The van der Waals surface area contributed by atoms with Crippen LogP contribution in [0.25, 0.3) is 0 Å². The van der Waals surface area contributed by atoms with Crippen molar-refractivity contribution in [2.45, 2.75) is 31.8 Å². The molecule has 0 aromatic heterocycles. The van der Waals surface area contributed by atoms with Crippen molar-refractivity contribution >= 4 is 5.84 Å². The Balaban J connectivity index is 2.14. The lowest BCUT2D eigenvalue weighted by atomic mass is 10.2. The fraction of sp³-hybridized carbons (Fsp3) is 0.889. The minimum Gasteiger partial charge on any atom is -0.352 e. The lowest BCUT2D eigenvalue weighted by molar-refractivity contribution is 0.143. The highest BCUT2D eigenvalue weighted by molar-refractivity contribution is 5.77. The van der Waals surface area contributed by atoms with E-state index in [1.165, 1.54) is 12.8 Å². The maximum absolute atomic E-state index is 7.66. The van der Waals surface area contributed by atoms with Gasteiger partial charge >= 0.3 is 0 Å². The van der Waals surface area contributed by atoms with Gasteiger partial charge in [-0.3, -0.25) is 5.41 Å². The van der Waals surface area contributed by atoms with Crippen LogP contribution in [-0.4, -0.2) is 47.9 Å². The van der Waals surface area contributed by atoms with Crippen LogP contribution in [-0.2, 0) is 0 Å². The zero-order valence-corrected chi connectivity index (χ0v) is 7.88. The first-order valence-corrected chi connectivity index (χ1v) is 4.70. The van der Waals surface area contributed by atoms with E-state index in [1.807, 2.05) is 6.92 Å². The van der Waals surface area contributed by atoms with Crippen LogP contribution in [0.2, 0.25) is 0 Å². The van der Waals surface area contributed by atoms with Gasteiger partial charge in [0.25, 0.3) is 0 Å². The third-order valence-corrected chi connectivity index (χ3v) is 3.05. The summed E-state index contributed by atoms with van der Waals surface area (Å²) in [4.78, 5) is 4.70. The van der Waals surface area contributed by atoms with E-state index in [-0.39, 0.29) is 0 Å². The van der Waals surface area contributed by atoms with E-state index in [0.29, 0.717) is 12.1 Å². The SMILES string of the molecule is CC(=N)N1C2CCC1CN(C)C2. The summed E-state index contributed by atoms with van der Waals surface area (Å²) in [6.07, 6.45) is 2.57. The van der Waals surface area contributed by atoms with Crippen molar-refractivity contribution in [3.8, 4) is 0 Å². The molecule has 0 radical (unpaired) electrons. The van der Waals surface area contributed by atoms with Crippen LogP contribution in [0, 0.1) is 5.41 Å². The Morgan fingerprint density at radius 1 is 1.25 bits per heavy atom. The molecule has 0 amide bonds. The van der Waals surface area contributed by atoms with Crippen LogP contribution in [0.15, 0.2) is 0 Å². The Bertz CT molecular complexity index is 188. The van der Waals surface area contributed by atoms with E-state index < -0.39 is 0 Å². The van der Waals surface area contributed by atoms with Crippen LogP contribution >= 0.6 is 0 Å². The highest BCUT2D eigenvalue weighted by atomic mass is 15.3. The topological polar surface area (TPSA) is 30.3 Å². The van der Waals surface area contributed by atoms with Crippen molar-refractivity contribution in [1.29, 1.82) is 5.41 Å². The molecule has 2 bridgehead atoms. The zero-order valence-electron chi connectivity index (χ0n) is 7.88. The van der Waals surface area contributed by atoms with Crippen LogP contribution in [0.4, 0.5) is 0 Å². The van der Waals surface area contributed by atoms with Crippen molar-refractivity contribution in [2.24, 2.45) is 0 Å². The number of hydrogen-bond donors (Lipinski definition) is 1. The molecule has 2 heterocycles. The quantitative estimate of drug-likeness (QED) is 0.426. The molecule has 0 aromatic carbocycles. The average molecular weight is 167 g/mol. The van der Waals surface area contributed by atoms with Crippen LogP contribution in [0.1, 0.15) is 19.8 Å². The van der Waals surface area contributed by atoms with Crippen LogP contribution in [0.5, 0.6) is 0 Å². The molecule has 0 saturated carbocycles. The molecule has 68 valence electrons. The van der Waals surface area contributed by atoms with Crippen molar-refractivity contribution in [1.82, 2.24) is 9.80 Å². The Hall–Kier alpha value is -0.570. The summed E-state index contributed by atoms with van der Waals surface area (Å²) in [6.45, 7) is 4.20. The number of likely N-dealkylation sites (N-methyl/N-ethyl adjacent to an activating group) is 1. The number of rotatable bonds is 0. The molecule has 2 aliphatic heterocycles. The Morgan fingerprint density at radius 2 is 1.75 bits per heavy atom. The second kappa shape index (κ2) is 2.73. The third-order valence-electron chi connectivity index (χ3n) is 3.05. The monoisotopic (exact) mass is 167 g/mol. The molecule has 2 unspecified atom stereocenters. The van der Waals surface area contributed by atoms with E-state index in [0.717, 1.165) is 18.9 Å². The predicted molar refractivity (Wildman–Crippen MR) is 49.5 cm³/mol. The predicted octanol–water partition coefficient (Wildman–Crippen LogP) is 0.762. The first kappa shape index (κ1) is 8.05. The standard InChI is InChI=1S/C9H17N3/c1-7(10)12-8-3-4-9(12)6-11(2)5-8/h8-10H,3-6H2,1-2H3. The van der Waals surface area contributed by atoms with E-state index in [9.17, 15) is 0 Å². The fourth-order valence-electron chi connectivity index (χ4n) is 2.66. The molecule has 0 aromatic rings. The number of nitrogens with zero attached hydrogens (tertiary/aromatic N) is 2. The summed E-state index contributed by atoms with van der Waals surface area (Å²) in [5.41, 5.74) is 0. The summed E-state index contributed by atoms with van der Waals surface area (Å²) in [5, 5.41) is 7.66. The molecule has 12 heavy (non-hydrogen) atoms. The molecule has 0 spiro atoms. The molecule has 2 saturated heterocycles.